The summed E-state index contributed by atoms with van der Waals surface area (Å²) in [5.74, 6) is -0.00840. The number of allylic oxidation sites excluding steroid dienone is 4. The molecule has 2 N–H and O–H groups in total. The van der Waals surface area contributed by atoms with E-state index in [1.165, 1.54) is 6.33 Å². The van der Waals surface area contributed by atoms with Crippen LogP contribution in [0, 0.1) is 0 Å². The average molecular weight is 232 g/mol. The molecule has 0 saturated heterocycles. The van der Waals surface area contributed by atoms with Crippen molar-refractivity contribution in [3.05, 3.63) is 49.1 Å². The zero-order valence-electron chi connectivity index (χ0n) is 9.65. The summed E-state index contributed by atoms with van der Waals surface area (Å²) < 4.78 is 0. The van der Waals surface area contributed by atoms with Crippen LogP contribution in [0.5, 0.6) is 0 Å². The molecule has 0 radical (unpaired) electrons. The Bertz CT molecular complexity index is 406. The Kier molecular flexibility index (Phi) is 5.43. The third-order valence-corrected chi connectivity index (χ3v) is 2.15. The molecule has 5 nitrogen and oxygen atoms in total. The highest BCUT2D eigenvalue weighted by atomic mass is 16.2. The van der Waals surface area contributed by atoms with Gasteiger partial charge in [-0.2, -0.15) is 5.10 Å². The molecule has 1 aromatic rings. The summed E-state index contributed by atoms with van der Waals surface area (Å²) in [7, 11) is 0. The molecule has 0 aliphatic heterocycles. The molecule has 5 heteroatoms. The SMILES string of the molecule is C=C/C=C(\C=C)CCCNC(=O)c1ncn[nH]1. The first-order chi connectivity index (χ1) is 8.27. The first kappa shape index (κ1) is 12.9. The summed E-state index contributed by atoms with van der Waals surface area (Å²) in [6.07, 6.45) is 8.42. The van der Waals surface area contributed by atoms with Gasteiger partial charge in [0.25, 0.3) is 5.91 Å². The number of nitrogens with zero attached hydrogens (tertiary/aromatic N) is 2. The number of carbonyl (C=O) groups is 1. The number of hydrogen-bond acceptors (Lipinski definition) is 3. The van der Waals surface area contributed by atoms with E-state index < -0.39 is 0 Å². The Morgan fingerprint density at radius 1 is 1.53 bits per heavy atom. The van der Waals surface area contributed by atoms with Crippen molar-refractivity contribution < 1.29 is 4.79 Å². The minimum atomic E-state index is -0.240. The van der Waals surface area contributed by atoms with Gasteiger partial charge in [-0.25, -0.2) is 4.98 Å². The second-order valence-electron chi connectivity index (χ2n) is 3.37. The van der Waals surface area contributed by atoms with Gasteiger partial charge in [0.15, 0.2) is 0 Å². The van der Waals surface area contributed by atoms with E-state index in [-0.39, 0.29) is 11.7 Å². The van der Waals surface area contributed by atoms with E-state index in [4.69, 9.17) is 0 Å². The molecule has 0 atom stereocenters. The van der Waals surface area contributed by atoms with Gasteiger partial charge < -0.3 is 5.32 Å². The average Bonchev–Trinajstić information content (AvgIpc) is 2.86. The highest BCUT2D eigenvalue weighted by molar-refractivity contribution is 5.90. The molecule has 0 aromatic carbocycles. The van der Waals surface area contributed by atoms with Crippen molar-refractivity contribution in [2.24, 2.45) is 0 Å². The van der Waals surface area contributed by atoms with Crippen molar-refractivity contribution >= 4 is 5.91 Å². The molecule has 0 spiro atoms. The Labute approximate surface area is 100 Å². The van der Waals surface area contributed by atoms with Crippen molar-refractivity contribution in [1.82, 2.24) is 20.5 Å². The van der Waals surface area contributed by atoms with Crippen LogP contribution in [0.15, 0.2) is 43.3 Å². The molecule has 1 amide bonds. The van der Waals surface area contributed by atoms with Gasteiger partial charge in [0.1, 0.15) is 6.33 Å². The predicted octanol–water partition coefficient (Wildman–Crippen LogP) is 1.61. The molecule has 1 aromatic heterocycles. The van der Waals surface area contributed by atoms with E-state index in [9.17, 15) is 4.79 Å². The van der Waals surface area contributed by atoms with E-state index in [2.05, 4.69) is 33.7 Å². The van der Waals surface area contributed by atoms with Crippen LogP contribution in [0.25, 0.3) is 0 Å². The van der Waals surface area contributed by atoms with E-state index in [1.807, 2.05) is 6.08 Å². The van der Waals surface area contributed by atoms with E-state index in [0.29, 0.717) is 6.54 Å². The van der Waals surface area contributed by atoms with Gasteiger partial charge in [-0.15, -0.1) is 0 Å². The molecule has 17 heavy (non-hydrogen) atoms. The Balaban J connectivity index is 2.24. The highest BCUT2D eigenvalue weighted by Crippen LogP contribution is 2.05. The number of rotatable bonds is 7. The number of nitrogens with one attached hydrogen (secondary N) is 2. The molecular weight excluding hydrogens is 216 g/mol. The quantitative estimate of drug-likeness (QED) is 0.554. The van der Waals surface area contributed by atoms with Gasteiger partial charge in [-0.1, -0.05) is 31.4 Å². The van der Waals surface area contributed by atoms with Crippen LogP contribution in [0.3, 0.4) is 0 Å². The van der Waals surface area contributed by atoms with Gasteiger partial charge in [0.2, 0.25) is 5.82 Å². The van der Waals surface area contributed by atoms with E-state index in [0.717, 1.165) is 18.4 Å². The first-order valence-electron chi connectivity index (χ1n) is 5.35. The molecule has 0 fully saturated rings. The van der Waals surface area contributed by atoms with Crippen LogP contribution < -0.4 is 5.32 Å². The minimum Gasteiger partial charge on any atom is -0.349 e. The highest BCUT2D eigenvalue weighted by Gasteiger charge is 2.06. The fourth-order valence-electron chi connectivity index (χ4n) is 1.30. The van der Waals surface area contributed by atoms with Crippen LogP contribution in [0.2, 0.25) is 0 Å². The summed E-state index contributed by atoms with van der Waals surface area (Å²) in [6.45, 7) is 7.92. The number of carbonyl (C=O) groups excluding carboxylic acids is 1. The standard InChI is InChI=1S/C12H16N4O/c1-3-6-10(4-2)7-5-8-13-12(17)11-14-9-15-16-11/h3-4,6,9H,1-2,5,7-8H2,(H,13,17)(H,14,15,16)/b10-6+. The summed E-state index contributed by atoms with van der Waals surface area (Å²) in [4.78, 5) is 15.2. The topological polar surface area (TPSA) is 70.7 Å². The van der Waals surface area contributed by atoms with Crippen LogP contribution >= 0.6 is 0 Å². The maximum Gasteiger partial charge on any atom is 0.288 e. The summed E-state index contributed by atoms with van der Waals surface area (Å²) in [5, 5.41) is 8.86. The lowest BCUT2D eigenvalue weighted by Gasteiger charge is -2.03. The number of amides is 1. The molecule has 0 saturated carbocycles. The molecule has 1 rings (SSSR count). The second kappa shape index (κ2) is 7.16. The van der Waals surface area contributed by atoms with Gasteiger partial charge in [-0.3, -0.25) is 9.89 Å². The zero-order chi connectivity index (χ0) is 12.5. The number of aromatic amines is 1. The third-order valence-electron chi connectivity index (χ3n) is 2.15. The normalized spacial score (nSPS) is 10.9. The fraction of sp³-hybridized carbons (Fsp3) is 0.250. The maximum atomic E-state index is 11.4. The monoisotopic (exact) mass is 232 g/mol. The molecule has 90 valence electrons. The van der Waals surface area contributed by atoms with Gasteiger partial charge in [-0.05, 0) is 18.4 Å². The molecule has 0 aliphatic rings. The third kappa shape index (κ3) is 4.46. The lowest BCUT2D eigenvalue weighted by molar-refractivity contribution is 0.0943. The molecular formula is C12H16N4O. The summed E-state index contributed by atoms with van der Waals surface area (Å²) >= 11 is 0. The van der Waals surface area contributed by atoms with Gasteiger partial charge >= 0.3 is 0 Å². The van der Waals surface area contributed by atoms with Gasteiger partial charge in [0.05, 0.1) is 0 Å². The van der Waals surface area contributed by atoms with Crippen LogP contribution in [-0.2, 0) is 0 Å². The Hall–Kier alpha value is -2.17. The summed E-state index contributed by atoms with van der Waals surface area (Å²) in [5.41, 5.74) is 1.11. The Morgan fingerprint density at radius 3 is 2.94 bits per heavy atom. The lowest BCUT2D eigenvalue weighted by Crippen LogP contribution is -2.25. The fourth-order valence-corrected chi connectivity index (χ4v) is 1.30. The second-order valence-corrected chi connectivity index (χ2v) is 3.37. The first-order valence-corrected chi connectivity index (χ1v) is 5.35. The predicted molar refractivity (Wildman–Crippen MR) is 66.4 cm³/mol. The number of aromatic nitrogens is 3. The van der Waals surface area contributed by atoms with Crippen molar-refractivity contribution in [1.29, 1.82) is 0 Å². The van der Waals surface area contributed by atoms with Crippen LogP contribution in [-0.4, -0.2) is 27.6 Å². The van der Waals surface area contributed by atoms with Gasteiger partial charge in [0, 0.05) is 6.54 Å². The molecule has 0 unspecified atom stereocenters. The van der Waals surface area contributed by atoms with Crippen molar-refractivity contribution in [3.8, 4) is 0 Å². The zero-order valence-corrected chi connectivity index (χ0v) is 9.65. The Morgan fingerprint density at radius 2 is 2.35 bits per heavy atom. The van der Waals surface area contributed by atoms with Crippen molar-refractivity contribution in [3.63, 3.8) is 0 Å². The van der Waals surface area contributed by atoms with Crippen LogP contribution in [0.1, 0.15) is 23.5 Å². The van der Waals surface area contributed by atoms with E-state index in [1.54, 1.807) is 12.2 Å². The van der Waals surface area contributed by atoms with Crippen molar-refractivity contribution in [2.75, 3.05) is 6.54 Å². The smallest absolute Gasteiger partial charge is 0.288 e. The largest absolute Gasteiger partial charge is 0.349 e. The van der Waals surface area contributed by atoms with Crippen molar-refractivity contribution in [2.45, 2.75) is 12.8 Å². The summed E-state index contributed by atoms with van der Waals surface area (Å²) in [6, 6.07) is 0. The number of H-pyrrole nitrogens is 1. The lowest BCUT2D eigenvalue weighted by atomic mass is 10.1. The maximum absolute atomic E-state index is 11.4. The number of hydrogen-bond donors (Lipinski definition) is 2. The molecule has 1 heterocycles. The minimum absolute atomic E-state index is 0.232. The molecule has 0 bridgehead atoms. The van der Waals surface area contributed by atoms with E-state index >= 15 is 0 Å². The molecule has 0 aliphatic carbocycles. The van der Waals surface area contributed by atoms with Crippen LogP contribution in [0.4, 0.5) is 0 Å².